The van der Waals surface area contributed by atoms with Crippen LogP contribution in [0.5, 0.6) is 5.75 Å². The van der Waals surface area contributed by atoms with Gasteiger partial charge in [-0.2, -0.15) is 0 Å². The molecule has 1 N–H and O–H groups in total. The average Bonchev–Trinajstić information content (AvgIpc) is 2.39. The quantitative estimate of drug-likeness (QED) is 0.905. The molecule has 3 rings (SSSR count). The number of aromatic nitrogens is 1. The van der Waals surface area contributed by atoms with Gasteiger partial charge in [0.25, 0.3) is 0 Å². The van der Waals surface area contributed by atoms with E-state index in [4.69, 9.17) is 4.74 Å². The van der Waals surface area contributed by atoms with Crippen molar-refractivity contribution in [3.63, 3.8) is 0 Å². The first-order valence-electron chi connectivity index (χ1n) is 7.28. The van der Waals surface area contributed by atoms with Crippen LogP contribution in [-0.4, -0.2) is 23.7 Å². The molecule has 1 aliphatic carbocycles. The van der Waals surface area contributed by atoms with Gasteiger partial charge in [0.2, 0.25) is 0 Å². The third-order valence-electron chi connectivity index (χ3n) is 3.98. The predicted octanol–water partition coefficient (Wildman–Crippen LogP) is 3.02. The summed E-state index contributed by atoms with van der Waals surface area (Å²) in [7, 11) is 0. The highest BCUT2D eigenvalue weighted by Crippen LogP contribution is 2.37. The molecule has 0 amide bonds. The first-order chi connectivity index (χ1) is 9.22. The van der Waals surface area contributed by atoms with Crippen LogP contribution < -0.4 is 10.1 Å². The van der Waals surface area contributed by atoms with E-state index in [1.54, 1.807) is 6.20 Å². The Labute approximate surface area is 115 Å². The molecule has 3 heteroatoms. The Morgan fingerprint density at radius 2 is 2.26 bits per heavy atom. The molecule has 1 aromatic rings. The van der Waals surface area contributed by atoms with Gasteiger partial charge in [0.05, 0.1) is 12.3 Å². The van der Waals surface area contributed by atoms with Crippen molar-refractivity contribution in [3.05, 3.63) is 30.1 Å². The van der Waals surface area contributed by atoms with Gasteiger partial charge in [-0.25, -0.2) is 0 Å². The zero-order chi connectivity index (χ0) is 13.2. The Kier molecular flexibility index (Phi) is 3.56. The van der Waals surface area contributed by atoms with Crippen LogP contribution in [0.2, 0.25) is 0 Å². The Morgan fingerprint density at radius 1 is 1.37 bits per heavy atom. The lowest BCUT2D eigenvalue weighted by Gasteiger charge is -2.35. The number of allylic oxidation sites excluding steroid dienone is 1. The lowest BCUT2D eigenvalue weighted by molar-refractivity contribution is 0.241. The highest BCUT2D eigenvalue weighted by Gasteiger charge is 2.28. The zero-order valence-corrected chi connectivity index (χ0v) is 11.7. The fourth-order valence-corrected chi connectivity index (χ4v) is 3.17. The van der Waals surface area contributed by atoms with E-state index >= 15 is 0 Å². The maximum Gasteiger partial charge on any atom is 0.138 e. The first kappa shape index (κ1) is 12.7. The van der Waals surface area contributed by atoms with E-state index in [9.17, 15) is 0 Å². The van der Waals surface area contributed by atoms with Crippen LogP contribution in [-0.2, 0) is 0 Å². The molecule has 2 heterocycles. The van der Waals surface area contributed by atoms with Gasteiger partial charge in [0.15, 0.2) is 0 Å². The molecule has 3 nitrogen and oxygen atoms in total. The molecule has 2 unspecified atom stereocenters. The number of rotatable bonds is 3. The lowest BCUT2D eigenvalue weighted by atomic mass is 9.78. The monoisotopic (exact) mass is 258 g/mol. The molecule has 1 saturated heterocycles. The van der Waals surface area contributed by atoms with Crippen molar-refractivity contribution >= 4 is 5.57 Å². The van der Waals surface area contributed by atoms with Crippen LogP contribution in [0, 0.1) is 5.92 Å². The summed E-state index contributed by atoms with van der Waals surface area (Å²) in [6.07, 6.45) is 10.0. The number of hydrogen-bond donors (Lipinski definition) is 1. The smallest absolute Gasteiger partial charge is 0.138 e. The molecule has 0 aromatic carbocycles. The summed E-state index contributed by atoms with van der Waals surface area (Å²) in [5.41, 5.74) is 2.71. The van der Waals surface area contributed by atoms with E-state index in [1.807, 2.05) is 20.0 Å². The fraction of sp³-hybridized carbons (Fsp3) is 0.562. The molecule has 19 heavy (non-hydrogen) atoms. The van der Waals surface area contributed by atoms with Gasteiger partial charge in [-0.15, -0.1) is 0 Å². The standard InChI is InChI=1S/C16H22N2O/c1-11(2)19-15-8-13(9-17-10-15)16-4-3-14-7-12(16)5-6-18-14/h4,8-12,14,18H,3,5-7H2,1-2H3. The predicted molar refractivity (Wildman–Crippen MR) is 77.1 cm³/mol. The van der Waals surface area contributed by atoms with E-state index in [0.29, 0.717) is 12.0 Å². The van der Waals surface area contributed by atoms with Crippen molar-refractivity contribution in [2.75, 3.05) is 6.54 Å². The Bertz CT molecular complexity index is 481. The van der Waals surface area contributed by atoms with Crippen LogP contribution in [0.4, 0.5) is 0 Å². The molecule has 2 aliphatic rings. The summed E-state index contributed by atoms with van der Waals surface area (Å²) < 4.78 is 5.75. The minimum Gasteiger partial charge on any atom is -0.489 e. The summed E-state index contributed by atoms with van der Waals surface area (Å²) in [5, 5.41) is 3.58. The molecule has 2 atom stereocenters. The number of fused-ring (bicyclic) bond motifs is 2. The third kappa shape index (κ3) is 2.81. The second-order valence-electron chi connectivity index (χ2n) is 5.84. The highest BCUT2D eigenvalue weighted by molar-refractivity contribution is 5.69. The van der Waals surface area contributed by atoms with Crippen LogP contribution in [0.3, 0.4) is 0 Å². The van der Waals surface area contributed by atoms with Crippen molar-refractivity contribution in [3.8, 4) is 5.75 Å². The SMILES string of the molecule is CC(C)Oc1cncc(C2=CCC3CC2CCN3)c1. The van der Waals surface area contributed by atoms with Crippen molar-refractivity contribution in [1.29, 1.82) is 0 Å². The van der Waals surface area contributed by atoms with E-state index in [-0.39, 0.29) is 6.10 Å². The largest absolute Gasteiger partial charge is 0.489 e. The van der Waals surface area contributed by atoms with E-state index < -0.39 is 0 Å². The van der Waals surface area contributed by atoms with Crippen LogP contribution >= 0.6 is 0 Å². The molecule has 0 spiro atoms. The van der Waals surface area contributed by atoms with Gasteiger partial charge in [-0.3, -0.25) is 4.98 Å². The normalized spacial score (nSPS) is 26.2. The van der Waals surface area contributed by atoms with Gasteiger partial charge >= 0.3 is 0 Å². The maximum atomic E-state index is 5.75. The lowest BCUT2D eigenvalue weighted by Crippen LogP contribution is -2.40. The number of nitrogens with one attached hydrogen (secondary N) is 1. The molecule has 1 aromatic heterocycles. The maximum absolute atomic E-state index is 5.75. The van der Waals surface area contributed by atoms with Gasteiger partial charge in [-0.05, 0) is 62.8 Å². The first-order valence-corrected chi connectivity index (χ1v) is 7.28. The fourth-order valence-electron chi connectivity index (χ4n) is 3.17. The van der Waals surface area contributed by atoms with Crippen LogP contribution in [0.25, 0.3) is 5.57 Å². The second kappa shape index (κ2) is 5.33. The molecule has 2 bridgehead atoms. The van der Waals surface area contributed by atoms with Crippen molar-refractivity contribution in [2.45, 2.75) is 45.3 Å². The summed E-state index contributed by atoms with van der Waals surface area (Å²) >= 11 is 0. The third-order valence-corrected chi connectivity index (χ3v) is 3.98. The zero-order valence-electron chi connectivity index (χ0n) is 11.7. The van der Waals surface area contributed by atoms with Gasteiger partial charge < -0.3 is 10.1 Å². The van der Waals surface area contributed by atoms with Gasteiger partial charge in [0.1, 0.15) is 5.75 Å². The van der Waals surface area contributed by atoms with E-state index in [1.165, 1.54) is 24.0 Å². The summed E-state index contributed by atoms with van der Waals surface area (Å²) in [6.45, 7) is 5.23. The summed E-state index contributed by atoms with van der Waals surface area (Å²) in [5.74, 6) is 1.57. The number of ether oxygens (including phenoxy) is 1. The number of hydrogen-bond acceptors (Lipinski definition) is 3. The van der Waals surface area contributed by atoms with E-state index in [2.05, 4.69) is 22.4 Å². The molecular weight excluding hydrogens is 236 g/mol. The Balaban J connectivity index is 1.85. The number of piperidine rings is 1. The minimum atomic E-state index is 0.195. The molecule has 1 aliphatic heterocycles. The average molecular weight is 258 g/mol. The summed E-state index contributed by atoms with van der Waals surface area (Å²) in [4.78, 5) is 4.34. The highest BCUT2D eigenvalue weighted by atomic mass is 16.5. The Morgan fingerprint density at radius 3 is 3.11 bits per heavy atom. The molecular formula is C16H22N2O. The van der Waals surface area contributed by atoms with Crippen molar-refractivity contribution in [1.82, 2.24) is 10.3 Å². The molecule has 0 radical (unpaired) electrons. The summed E-state index contributed by atoms with van der Waals surface area (Å²) in [6, 6.07) is 2.83. The number of nitrogens with zero attached hydrogens (tertiary/aromatic N) is 1. The van der Waals surface area contributed by atoms with Gasteiger partial charge in [-0.1, -0.05) is 6.08 Å². The van der Waals surface area contributed by atoms with Crippen LogP contribution in [0.15, 0.2) is 24.5 Å². The van der Waals surface area contributed by atoms with Crippen LogP contribution in [0.1, 0.15) is 38.7 Å². The van der Waals surface area contributed by atoms with Crippen molar-refractivity contribution in [2.24, 2.45) is 5.92 Å². The minimum absolute atomic E-state index is 0.195. The molecule has 102 valence electrons. The topological polar surface area (TPSA) is 34.1 Å². The molecule has 1 fully saturated rings. The van der Waals surface area contributed by atoms with Crippen molar-refractivity contribution < 1.29 is 4.74 Å². The second-order valence-corrected chi connectivity index (χ2v) is 5.84. The van der Waals surface area contributed by atoms with Gasteiger partial charge in [0, 0.05) is 12.2 Å². The molecule has 0 saturated carbocycles. The van der Waals surface area contributed by atoms with E-state index in [0.717, 1.165) is 18.7 Å². The number of pyridine rings is 1. The Hall–Kier alpha value is -1.35.